The summed E-state index contributed by atoms with van der Waals surface area (Å²) >= 11 is 0. The topological polar surface area (TPSA) is 92.6 Å². The summed E-state index contributed by atoms with van der Waals surface area (Å²) in [4.78, 5) is 30.2. The minimum atomic E-state index is -0.833. The number of Topliss-reactive ketones (excluding diaryl/α,β-unsaturated/α-hetero) is 1. The summed E-state index contributed by atoms with van der Waals surface area (Å²) in [7, 11) is 0. The third-order valence-corrected chi connectivity index (χ3v) is 8.50. The smallest absolute Gasteiger partial charge is 0.295 e. The summed E-state index contributed by atoms with van der Waals surface area (Å²) < 4.78 is 17.5. The highest BCUT2D eigenvalue weighted by Gasteiger charge is 2.44. The highest BCUT2D eigenvalue weighted by atomic mass is 16.5. The van der Waals surface area contributed by atoms with Gasteiger partial charge in [0.15, 0.2) is 0 Å². The van der Waals surface area contributed by atoms with E-state index in [1.165, 1.54) is 4.90 Å². The molecular weight excluding hydrogens is 580 g/mol. The summed E-state index contributed by atoms with van der Waals surface area (Å²) in [6, 6.07) is 30.9. The quantitative estimate of drug-likeness (QED) is 0.156. The number of amides is 1. The molecule has 2 aliphatic rings. The van der Waals surface area contributed by atoms with Crippen molar-refractivity contribution in [2.24, 2.45) is 0 Å². The molecule has 236 valence electrons. The molecule has 6 rings (SSSR count). The van der Waals surface area contributed by atoms with Crippen molar-refractivity contribution in [1.82, 2.24) is 4.90 Å². The van der Waals surface area contributed by atoms with Crippen LogP contribution in [0.5, 0.6) is 17.2 Å². The van der Waals surface area contributed by atoms with E-state index in [0.717, 1.165) is 38.4 Å². The lowest BCUT2D eigenvalue weighted by molar-refractivity contribution is -0.908. The van der Waals surface area contributed by atoms with Crippen molar-refractivity contribution in [2.75, 3.05) is 39.4 Å². The van der Waals surface area contributed by atoms with Gasteiger partial charge in [0, 0.05) is 18.5 Å². The molecule has 0 saturated carbocycles. The molecule has 0 aliphatic carbocycles. The Morgan fingerprint density at radius 3 is 2.33 bits per heavy atom. The van der Waals surface area contributed by atoms with Crippen LogP contribution in [0.25, 0.3) is 5.76 Å². The summed E-state index contributed by atoms with van der Waals surface area (Å²) in [5.41, 5.74) is 2.67. The van der Waals surface area contributed by atoms with Gasteiger partial charge in [-0.05, 0) is 65.6 Å². The van der Waals surface area contributed by atoms with Gasteiger partial charge in [0.25, 0.3) is 5.91 Å². The second kappa shape index (κ2) is 14.5. The number of carbonyl (C=O) groups is 2. The van der Waals surface area contributed by atoms with Gasteiger partial charge in [0.1, 0.15) is 36.9 Å². The fraction of sp³-hybridized carbons (Fsp3) is 0.263. The number of morpholine rings is 1. The zero-order valence-electron chi connectivity index (χ0n) is 25.9. The van der Waals surface area contributed by atoms with E-state index in [1.54, 1.807) is 23.1 Å². The third-order valence-electron chi connectivity index (χ3n) is 8.50. The molecule has 1 unspecified atom stereocenters. The van der Waals surface area contributed by atoms with Crippen molar-refractivity contribution in [3.63, 3.8) is 0 Å². The molecule has 1 N–H and O–H groups in total. The zero-order chi connectivity index (χ0) is 31.9. The minimum Gasteiger partial charge on any atom is -0.872 e. The molecule has 2 heterocycles. The lowest BCUT2D eigenvalue weighted by Crippen LogP contribution is -3.14. The zero-order valence-corrected chi connectivity index (χ0v) is 25.9. The van der Waals surface area contributed by atoms with E-state index in [4.69, 9.17) is 14.2 Å². The average molecular weight is 619 g/mol. The average Bonchev–Trinajstić information content (AvgIpc) is 3.34. The van der Waals surface area contributed by atoms with Crippen LogP contribution in [-0.4, -0.2) is 56.0 Å². The van der Waals surface area contributed by atoms with E-state index in [9.17, 15) is 14.7 Å². The Balaban J connectivity index is 1.31. The lowest BCUT2D eigenvalue weighted by atomic mass is 9.93. The molecule has 0 radical (unpaired) electrons. The summed E-state index contributed by atoms with van der Waals surface area (Å²) in [6.07, 6.45) is 0.693. The van der Waals surface area contributed by atoms with Crippen LogP contribution in [-0.2, 0) is 20.9 Å². The number of nitrogens with zero attached hydrogens (tertiary/aromatic N) is 1. The predicted octanol–water partition coefficient (Wildman–Crippen LogP) is 3.90. The molecule has 2 saturated heterocycles. The number of benzene rings is 4. The van der Waals surface area contributed by atoms with E-state index < -0.39 is 23.5 Å². The Kier molecular flexibility index (Phi) is 9.76. The minimum absolute atomic E-state index is 0.0402. The maximum absolute atomic E-state index is 14.2. The van der Waals surface area contributed by atoms with Gasteiger partial charge < -0.3 is 29.1 Å². The number of ether oxygens (including phenoxy) is 3. The van der Waals surface area contributed by atoms with E-state index in [1.807, 2.05) is 91.9 Å². The van der Waals surface area contributed by atoms with Crippen molar-refractivity contribution in [3.05, 3.63) is 131 Å². The van der Waals surface area contributed by atoms with E-state index in [0.29, 0.717) is 53.5 Å². The van der Waals surface area contributed by atoms with Gasteiger partial charge >= 0.3 is 0 Å². The van der Waals surface area contributed by atoms with Gasteiger partial charge in [-0.25, -0.2) is 0 Å². The fourth-order valence-corrected chi connectivity index (χ4v) is 6.10. The van der Waals surface area contributed by atoms with E-state index in [2.05, 4.69) is 0 Å². The second-order valence-electron chi connectivity index (χ2n) is 11.7. The molecule has 2 aliphatic heterocycles. The van der Waals surface area contributed by atoms with Crippen LogP contribution < -0.4 is 19.5 Å². The molecule has 0 bridgehead atoms. The van der Waals surface area contributed by atoms with Gasteiger partial charge in [-0.15, -0.1) is 0 Å². The number of quaternary nitrogens is 1. The number of para-hydroxylation sites is 1. The standard InChI is InChI=1S/C38H38N2O6/c1-27-24-31(45-26-28-10-4-2-5-11-28)16-17-33(27)36(41)34-35(29-12-8-15-32(25-29)46-30-13-6-3-7-14-30)40(38(43)37(34)42)19-9-18-39-20-22-44-23-21-39/h2-8,10-17,24-25,35,41H,9,18-23,26H2,1H3. The Morgan fingerprint density at radius 2 is 1.59 bits per heavy atom. The summed E-state index contributed by atoms with van der Waals surface area (Å²) in [5.74, 6) is -0.0327. The predicted molar refractivity (Wildman–Crippen MR) is 172 cm³/mol. The van der Waals surface area contributed by atoms with Crippen molar-refractivity contribution >= 4 is 17.4 Å². The molecule has 0 aromatic heterocycles. The number of ketones is 1. The van der Waals surface area contributed by atoms with Crippen LogP contribution in [0.3, 0.4) is 0 Å². The first-order chi connectivity index (χ1) is 22.5. The molecule has 8 nitrogen and oxygen atoms in total. The monoisotopic (exact) mass is 618 g/mol. The number of hydrogen-bond acceptors (Lipinski definition) is 6. The van der Waals surface area contributed by atoms with Crippen LogP contribution in [0.1, 0.15) is 34.7 Å². The molecule has 8 heteroatoms. The first-order valence-electron chi connectivity index (χ1n) is 15.8. The molecule has 1 amide bonds. The Labute approximate surface area is 269 Å². The molecular formula is C38H38N2O6. The normalized spacial score (nSPS) is 18.1. The van der Waals surface area contributed by atoms with Crippen LogP contribution in [0.2, 0.25) is 0 Å². The van der Waals surface area contributed by atoms with Crippen LogP contribution >= 0.6 is 0 Å². The summed E-state index contributed by atoms with van der Waals surface area (Å²) in [6.45, 7) is 6.66. The van der Waals surface area contributed by atoms with Crippen molar-refractivity contribution in [1.29, 1.82) is 0 Å². The number of aryl methyl sites for hydroxylation is 1. The maximum Gasteiger partial charge on any atom is 0.295 e. The number of likely N-dealkylation sites (tertiary alicyclic amines) is 1. The van der Waals surface area contributed by atoms with E-state index in [-0.39, 0.29) is 5.57 Å². The number of nitrogens with one attached hydrogen (secondary N) is 1. The number of rotatable bonds is 11. The van der Waals surface area contributed by atoms with Crippen molar-refractivity contribution < 1.29 is 33.8 Å². The molecule has 2 fully saturated rings. The maximum atomic E-state index is 14.2. The van der Waals surface area contributed by atoms with Gasteiger partial charge in [-0.3, -0.25) is 9.59 Å². The number of hydrogen-bond donors (Lipinski definition) is 1. The van der Waals surface area contributed by atoms with Gasteiger partial charge in [-0.2, -0.15) is 0 Å². The Morgan fingerprint density at radius 1 is 0.870 bits per heavy atom. The summed E-state index contributed by atoms with van der Waals surface area (Å²) in [5, 5.41) is 14.2. The first-order valence-corrected chi connectivity index (χ1v) is 15.8. The fourth-order valence-electron chi connectivity index (χ4n) is 6.10. The highest BCUT2D eigenvalue weighted by Crippen LogP contribution is 2.40. The van der Waals surface area contributed by atoms with E-state index >= 15 is 0 Å². The molecule has 1 atom stereocenters. The largest absolute Gasteiger partial charge is 0.872 e. The van der Waals surface area contributed by atoms with Gasteiger partial charge in [-0.1, -0.05) is 72.5 Å². The third kappa shape index (κ3) is 7.14. The van der Waals surface area contributed by atoms with Crippen molar-refractivity contribution in [3.8, 4) is 17.2 Å². The Hall–Kier alpha value is -4.92. The van der Waals surface area contributed by atoms with Crippen LogP contribution in [0.15, 0.2) is 109 Å². The van der Waals surface area contributed by atoms with Gasteiger partial charge in [0.2, 0.25) is 5.78 Å². The number of carbonyl (C=O) groups excluding carboxylic acids is 2. The molecule has 46 heavy (non-hydrogen) atoms. The van der Waals surface area contributed by atoms with Crippen molar-refractivity contribution in [2.45, 2.75) is 26.0 Å². The molecule has 4 aromatic carbocycles. The molecule has 0 spiro atoms. The second-order valence-corrected chi connectivity index (χ2v) is 11.7. The highest BCUT2D eigenvalue weighted by molar-refractivity contribution is 6.46. The lowest BCUT2D eigenvalue weighted by Gasteiger charge is -2.29. The Bertz CT molecular complexity index is 1700. The SMILES string of the molecule is Cc1cc(OCc2ccccc2)ccc1C([O-])=C1C(=O)C(=O)N(CCC[NH+]2CCOCC2)C1c1cccc(Oc2ccccc2)c1. The van der Waals surface area contributed by atoms with Crippen LogP contribution in [0.4, 0.5) is 0 Å². The van der Waals surface area contributed by atoms with Gasteiger partial charge in [0.05, 0.1) is 25.8 Å². The van der Waals surface area contributed by atoms with Crippen LogP contribution in [0, 0.1) is 6.92 Å². The molecule has 4 aromatic rings. The first kappa shape index (κ1) is 31.1.